The zero-order valence-corrected chi connectivity index (χ0v) is 23.7. The lowest BCUT2D eigenvalue weighted by atomic mass is 10.0. The molecule has 1 atom stereocenters. The third-order valence-electron chi connectivity index (χ3n) is 6.21. The summed E-state index contributed by atoms with van der Waals surface area (Å²) in [4.78, 5) is 28.5. The van der Waals surface area contributed by atoms with Crippen molar-refractivity contribution in [3.8, 4) is 5.75 Å². The number of unbranched alkanes of at least 4 members (excludes halogenated alkanes) is 1. The number of hydrogen-bond acceptors (Lipinski definition) is 5. The van der Waals surface area contributed by atoms with Gasteiger partial charge in [0.25, 0.3) is 0 Å². The van der Waals surface area contributed by atoms with Gasteiger partial charge < -0.3 is 15.0 Å². The van der Waals surface area contributed by atoms with Crippen molar-refractivity contribution in [2.75, 3.05) is 30.8 Å². The Kier molecular flexibility index (Phi) is 11.4. The Balaban J connectivity index is 2.48. The molecule has 0 aromatic heterocycles. The van der Waals surface area contributed by atoms with E-state index in [1.165, 1.54) is 4.90 Å². The van der Waals surface area contributed by atoms with Crippen LogP contribution in [-0.2, 0) is 26.2 Å². The standard InChI is InChI=1S/C28H41N3O5S/c1-7-9-17-29-28(33)25(8-2)30(19-22-13-12-14-23(18-22)36-5)27(32)20-31(37(6,34)35)26-16-11-10-15-24(26)21(3)4/h10-16,18,21,25H,7-9,17,19-20H2,1-6H3,(H,29,33)/t25-/m0/s1. The number of sulfonamides is 1. The van der Waals surface area contributed by atoms with Gasteiger partial charge in [-0.2, -0.15) is 0 Å². The van der Waals surface area contributed by atoms with Crippen LogP contribution in [0.2, 0.25) is 0 Å². The molecule has 0 heterocycles. The van der Waals surface area contributed by atoms with E-state index in [1.54, 1.807) is 25.3 Å². The minimum Gasteiger partial charge on any atom is -0.497 e. The molecule has 2 rings (SSSR count). The smallest absolute Gasteiger partial charge is 0.244 e. The van der Waals surface area contributed by atoms with Crippen molar-refractivity contribution in [2.24, 2.45) is 0 Å². The third-order valence-corrected chi connectivity index (χ3v) is 7.34. The number of ether oxygens (including phenoxy) is 1. The average Bonchev–Trinajstić information content (AvgIpc) is 2.86. The largest absolute Gasteiger partial charge is 0.497 e. The fraction of sp³-hybridized carbons (Fsp3) is 0.500. The molecule has 8 nitrogen and oxygen atoms in total. The zero-order valence-electron chi connectivity index (χ0n) is 22.9. The number of anilines is 1. The summed E-state index contributed by atoms with van der Waals surface area (Å²) < 4.78 is 32.3. The Morgan fingerprint density at radius 3 is 2.35 bits per heavy atom. The molecule has 0 aliphatic rings. The lowest BCUT2D eigenvalue weighted by molar-refractivity contribution is -0.140. The minimum atomic E-state index is -3.79. The van der Waals surface area contributed by atoms with E-state index in [1.807, 2.05) is 58.0 Å². The van der Waals surface area contributed by atoms with Gasteiger partial charge in [-0.25, -0.2) is 8.42 Å². The minimum absolute atomic E-state index is 0.0520. The first-order valence-corrected chi connectivity index (χ1v) is 14.6. The quantitative estimate of drug-likeness (QED) is 0.367. The number of nitrogens with one attached hydrogen (secondary N) is 1. The van der Waals surface area contributed by atoms with Crippen molar-refractivity contribution < 1.29 is 22.7 Å². The van der Waals surface area contributed by atoms with E-state index in [0.29, 0.717) is 24.4 Å². The predicted molar refractivity (Wildman–Crippen MR) is 148 cm³/mol. The number of hydrogen-bond donors (Lipinski definition) is 1. The van der Waals surface area contributed by atoms with Crippen molar-refractivity contribution in [3.63, 3.8) is 0 Å². The fourth-order valence-electron chi connectivity index (χ4n) is 4.19. The van der Waals surface area contributed by atoms with Gasteiger partial charge in [-0.05, 0) is 48.1 Å². The van der Waals surface area contributed by atoms with E-state index in [2.05, 4.69) is 5.32 Å². The van der Waals surface area contributed by atoms with E-state index in [0.717, 1.165) is 34.5 Å². The molecule has 0 saturated carbocycles. The summed E-state index contributed by atoms with van der Waals surface area (Å²) in [5.41, 5.74) is 2.07. The van der Waals surface area contributed by atoms with Crippen molar-refractivity contribution in [1.29, 1.82) is 0 Å². The molecule has 37 heavy (non-hydrogen) atoms. The SMILES string of the molecule is CCCCNC(=O)[C@H](CC)N(Cc1cccc(OC)c1)C(=O)CN(c1ccccc1C(C)C)S(C)(=O)=O. The first kappa shape index (κ1) is 30.2. The highest BCUT2D eigenvalue weighted by Crippen LogP contribution is 2.29. The molecule has 2 aromatic rings. The van der Waals surface area contributed by atoms with Gasteiger partial charge in [-0.3, -0.25) is 13.9 Å². The van der Waals surface area contributed by atoms with Crippen LogP contribution in [0, 0.1) is 0 Å². The summed E-state index contributed by atoms with van der Waals surface area (Å²) >= 11 is 0. The van der Waals surface area contributed by atoms with E-state index in [9.17, 15) is 18.0 Å². The summed E-state index contributed by atoms with van der Waals surface area (Å²) in [6.45, 7) is 8.08. The van der Waals surface area contributed by atoms with Gasteiger partial charge in [0.2, 0.25) is 21.8 Å². The molecule has 0 bridgehead atoms. The molecule has 0 aliphatic carbocycles. The maximum atomic E-state index is 13.9. The molecular weight excluding hydrogens is 490 g/mol. The molecule has 0 fully saturated rings. The molecule has 2 aromatic carbocycles. The van der Waals surface area contributed by atoms with E-state index < -0.39 is 28.5 Å². The number of methoxy groups -OCH3 is 1. The van der Waals surface area contributed by atoms with Crippen LogP contribution < -0.4 is 14.4 Å². The first-order chi connectivity index (χ1) is 17.5. The molecule has 9 heteroatoms. The molecule has 0 spiro atoms. The molecule has 0 saturated heterocycles. The molecule has 1 N–H and O–H groups in total. The topological polar surface area (TPSA) is 96.0 Å². The average molecular weight is 532 g/mol. The van der Waals surface area contributed by atoms with Crippen molar-refractivity contribution in [1.82, 2.24) is 10.2 Å². The van der Waals surface area contributed by atoms with Gasteiger partial charge in [-0.1, -0.05) is 64.4 Å². The van der Waals surface area contributed by atoms with Gasteiger partial charge in [0, 0.05) is 13.1 Å². The number of amides is 2. The summed E-state index contributed by atoms with van der Waals surface area (Å²) in [5, 5.41) is 2.93. The van der Waals surface area contributed by atoms with Crippen molar-refractivity contribution in [3.05, 3.63) is 59.7 Å². The fourth-order valence-corrected chi connectivity index (χ4v) is 5.06. The van der Waals surface area contributed by atoms with Crippen LogP contribution in [-0.4, -0.2) is 57.6 Å². The third kappa shape index (κ3) is 8.49. The predicted octanol–water partition coefficient (Wildman–Crippen LogP) is 4.31. The van der Waals surface area contributed by atoms with Gasteiger partial charge in [0.15, 0.2) is 0 Å². The first-order valence-electron chi connectivity index (χ1n) is 12.8. The summed E-state index contributed by atoms with van der Waals surface area (Å²) in [5.74, 6) is -0.0184. The van der Waals surface area contributed by atoms with Crippen LogP contribution in [0.3, 0.4) is 0 Å². The van der Waals surface area contributed by atoms with Crippen LogP contribution in [0.4, 0.5) is 5.69 Å². The lowest BCUT2D eigenvalue weighted by Crippen LogP contribution is -2.52. The number of benzene rings is 2. The van der Waals surface area contributed by atoms with Crippen molar-refractivity contribution in [2.45, 2.75) is 65.5 Å². The molecule has 0 radical (unpaired) electrons. The van der Waals surface area contributed by atoms with Gasteiger partial charge in [0.1, 0.15) is 18.3 Å². The summed E-state index contributed by atoms with van der Waals surface area (Å²) in [7, 11) is -2.23. The maximum Gasteiger partial charge on any atom is 0.244 e. The van der Waals surface area contributed by atoms with Crippen LogP contribution in [0.25, 0.3) is 0 Å². The van der Waals surface area contributed by atoms with Crippen LogP contribution in [0.15, 0.2) is 48.5 Å². The lowest BCUT2D eigenvalue weighted by Gasteiger charge is -2.33. The number of carbonyl (C=O) groups is 2. The number of carbonyl (C=O) groups excluding carboxylic acids is 2. The summed E-state index contributed by atoms with van der Waals surface area (Å²) in [6.07, 6.45) is 3.25. The Morgan fingerprint density at radius 1 is 1.05 bits per heavy atom. The Labute approximate surface area is 222 Å². The van der Waals surface area contributed by atoms with Gasteiger partial charge in [0.05, 0.1) is 19.1 Å². The van der Waals surface area contributed by atoms with Crippen LogP contribution >= 0.6 is 0 Å². The van der Waals surface area contributed by atoms with Gasteiger partial charge in [-0.15, -0.1) is 0 Å². The number of rotatable bonds is 14. The summed E-state index contributed by atoms with van der Waals surface area (Å²) in [6, 6.07) is 13.7. The van der Waals surface area contributed by atoms with Crippen molar-refractivity contribution >= 4 is 27.5 Å². The number of nitrogens with zero attached hydrogens (tertiary/aromatic N) is 2. The highest BCUT2D eigenvalue weighted by atomic mass is 32.2. The van der Waals surface area contributed by atoms with Gasteiger partial charge >= 0.3 is 0 Å². The molecule has 204 valence electrons. The Morgan fingerprint density at radius 2 is 1.76 bits per heavy atom. The Hall–Kier alpha value is -3.07. The second-order valence-electron chi connectivity index (χ2n) is 9.42. The molecule has 0 unspecified atom stereocenters. The monoisotopic (exact) mass is 531 g/mol. The zero-order chi connectivity index (χ0) is 27.6. The molecule has 0 aliphatic heterocycles. The highest BCUT2D eigenvalue weighted by Gasteiger charge is 2.32. The second-order valence-corrected chi connectivity index (χ2v) is 11.3. The molecule has 2 amide bonds. The maximum absolute atomic E-state index is 13.9. The van der Waals surface area contributed by atoms with E-state index >= 15 is 0 Å². The molecular formula is C28H41N3O5S. The second kappa shape index (κ2) is 14.0. The van der Waals surface area contributed by atoms with E-state index in [4.69, 9.17) is 4.74 Å². The van der Waals surface area contributed by atoms with Crippen LogP contribution in [0.1, 0.15) is 64.0 Å². The highest BCUT2D eigenvalue weighted by molar-refractivity contribution is 7.92. The van der Waals surface area contributed by atoms with Crippen LogP contribution in [0.5, 0.6) is 5.75 Å². The Bertz CT molecular complexity index is 1150. The normalized spacial score (nSPS) is 12.2. The van der Waals surface area contributed by atoms with E-state index in [-0.39, 0.29) is 18.4 Å². The number of para-hydroxylation sites is 1.